The summed E-state index contributed by atoms with van der Waals surface area (Å²) in [7, 11) is 0. The van der Waals surface area contributed by atoms with Crippen LogP contribution < -0.4 is 5.32 Å². The second kappa shape index (κ2) is 10.5. The minimum absolute atomic E-state index is 0.191. The van der Waals surface area contributed by atoms with Crippen LogP contribution in [0.4, 0.5) is 13.6 Å². The average molecular weight is 572 g/mol. The van der Waals surface area contributed by atoms with Gasteiger partial charge in [0.2, 0.25) is 0 Å². The van der Waals surface area contributed by atoms with Crippen LogP contribution in [0, 0.1) is 11.6 Å². The van der Waals surface area contributed by atoms with Crippen LogP contribution in [0.15, 0.2) is 65.3 Å². The van der Waals surface area contributed by atoms with E-state index in [9.17, 15) is 13.6 Å². The molecule has 1 aliphatic heterocycles. The molecule has 1 N–H and O–H groups in total. The number of aromatic nitrogens is 2. The average Bonchev–Trinajstić information content (AvgIpc) is 3.18. The Morgan fingerprint density at radius 3 is 2.81 bits per heavy atom. The summed E-state index contributed by atoms with van der Waals surface area (Å²) < 4.78 is 29.4. The van der Waals surface area contributed by atoms with Crippen LogP contribution in [0.25, 0.3) is 17.0 Å². The van der Waals surface area contributed by atoms with Crippen LogP contribution in [-0.2, 0) is 19.5 Å². The molecule has 3 heterocycles. The molecule has 1 aliphatic rings. The summed E-state index contributed by atoms with van der Waals surface area (Å²) in [4.78, 5) is 19.5. The summed E-state index contributed by atoms with van der Waals surface area (Å²) in [6.45, 7) is 2.42. The third kappa shape index (κ3) is 5.21. The number of nitrogens with zero attached hydrogens (tertiary/aromatic N) is 3. The number of halogens is 4. The number of carbonyl (C=O) groups is 1. The predicted molar refractivity (Wildman–Crippen MR) is 141 cm³/mol. The fourth-order valence-electron chi connectivity index (χ4n) is 4.54. The second-order valence-electron chi connectivity index (χ2n) is 8.63. The maximum absolute atomic E-state index is 13.5. The Balaban J connectivity index is 1.36. The first-order chi connectivity index (χ1) is 17.4. The smallest absolute Gasteiger partial charge is 0.326 e. The zero-order valence-electron chi connectivity index (χ0n) is 19.1. The Morgan fingerprint density at radius 2 is 2.00 bits per heavy atom. The highest BCUT2D eigenvalue weighted by Gasteiger charge is 2.26. The van der Waals surface area contributed by atoms with Crippen molar-refractivity contribution in [1.82, 2.24) is 19.8 Å². The summed E-state index contributed by atoms with van der Waals surface area (Å²) in [5.74, 6) is -1.71. The van der Waals surface area contributed by atoms with Crippen LogP contribution in [-0.4, -0.2) is 33.6 Å². The van der Waals surface area contributed by atoms with Gasteiger partial charge in [0.1, 0.15) is 5.15 Å². The van der Waals surface area contributed by atoms with Crippen molar-refractivity contribution >= 4 is 50.5 Å². The molecule has 0 spiro atoms. The molecule has 2 aromatic carbocycles. The Kier molecular flexibility index (Phi) is 7.18. The van der Waals surface area contributed by atoms with Crippen molar-refractivity contribution in [2.75, 3.05) is 13.1 Å². The second-order valence-corrected chi connectivity index (χ2v) is 9.93. The van der Waals surface area contributed by atoms with Crippen LogP contribution in [0.1, 0.15) is 22.4 Å². The molecular formula is C27H22BrClF2N4O. The van der Waals surface area contributed by atoms with Crippen LogP contribution in [0.5, 0.6) is 0 Å². The van der Waals surface area contributed by atoms with E-state index in [4.69, 9.17) is 11.6 Å². The Morgan fingerprint density at radius 1 is 1.14 bits per heavy atom. The van der Waals surface area contributed by atoms with E-state index in [1.807, 2.05) is 30.3 Å². The molecule has 36 heavy (non-hydrogen) atoms. The van der Waals surface area contributed by atoms with Crippen molar-refractivity contribution in [3.8, 4) is 0 Å². The summed E-state index contributed by atoms with van der Waals surface area (Å²) in [5, 5.41) is 4.41. The molecule has 0 atom stereocenters. The van der Waals surface area contributed by atoms with Crippen molar-refractivity contribution < 1.29 is 13.6 Å². The lowest BCUT2D eigenvalue weighted by molar-refractivity contribution is 0.240. The van der Waals surface area contributed by atoms with Gasteiger partial charge in [-0.2, -0.15) is 0 Å². The monoisotopic (exact) mass is 570 g/mol. The van der Waals surface area contributed by atoms with Gasteiger partial charge in [-0.1, -0.05) is 45.7 Å². The van der Waals surface area contributed by atoms with Gasteiger partial charge in [0, 0.05) is 54.3 Å². The fraction of sp³-hybridized carbons (Fsp3) is 0.185. The lowest BCUT2D eigenvalue weighted by Crippen LogP contribution is -2.34. The van der Waals surface area contributed by atoms with E-state index in [0.29, 0.717) is 36.8 Å². The van der Waals surface area contributed by atoms with Gasteiger partial charge in [0.15, 0.2) is 11.6 Å². The molecule has 0 aliphatic carbocycles. The predicted octanol–water partition coefficient (Wildman–Crippen LogP) is 6.56. The lowest BCUT2D eigenvalue weighted by Gasteiger charge is -2.27. The van der Waals surface area contributed by atoms with E-state index in [1.165, 1.54) is 6.07 Å². The third-order valence-corrected chi connectivity index (χ3v) is 6.94. The van der Waals surface area contributed by atoms with Crippen LogP contribution in [0.3, 0.4) is 0 Å². The first kappa shape index (κ1) is 24.6. The summed E-state index contributed by atoms with van der Waals surface area (Å²) in [5.41, 5.74) is 4.44. The van der Waals surface area contributed by atoms with Crippen LogP contribution >= 0.6 is 27.5 Å². The number of rotatable bonds is 5. The maximum Gasteiger partial charge on any atom is 0.326 e. The summed E-state index contributed by atoms with van der Waals surface area (Å²) in [6, 6.07) is 13.1. The number of carbonyl (C=O) groups excluding carboxylic acids is 1. The highest BCUT2D eigenvalue weighted by Crippen LogP contribution is 2.33. The standard InChI is InChI=1S/C27H22BrClF2N4O/c28-19-4-6-24-20(14-19)21-16-34(10-1-2-17-3-5-22(30)23(31)12-17)11-8-25(21)35(24)27(36)33-15-18-7-9-32-26(29)13-18/h1-7,9,12-14H,8,10-11,15-16H2,(H,33,36)/b2-1+. The summed E-state index contributed by atoms with van der Waals surface area (Å²) in [6.07, 6.45) is 6.05. The molecule has 0 unspecified atom stereocenters. The van der Waals surface area contributed by atoms with Gasteiger partial charge >= 0.3 is 6.03 Å². The van der Waals surface area contributed by atoms with Crippen molar-refractivity contribution in [2.24, 2.45) is 0 Å². The first-order valence-electron chi connectivity index (χ1n) is 11.4. The zero-order chi connectivity index (χ0) is 25.2. The van der Waals surface area contributed by atoms with Crippen molar-refractivity contribution in [1.29, 1.82) is 0 Å². The van der Waals surface area contributed by atoms with Crippen molar-refractivity contribution in [3.05, 3.63) is 104 Å². The molecule has 4 aromatic rings. The van der Waals surface area contributed by atoms with Gasteiger partial charge < -0.3 is 5.32 Å². The quantitative estimate of drug-likeness (QED) is 0.276. The number of hydrogen-bond donors (Lipinski definition) is 1. The molecule has 9 heteroatoms. The molecule has 0 saturated carbocycles. The minimum atomic E-state index is -0.858. The molecule has 0 saturated heterocycles. The number of nitrogens with one attached hydrogen (secondary N) is 1. The van der Waals surface area contributed by atoms with E-state index < -0.39 is 11.6 Å². The highest BCUT2D eigenvalue weighted by atomic mass is 79.9. The molecule has 184 valence electrons. The lowest BCUT2D eigenvalue weighted by atomic mass is 10.0. The summed E-state index contributed by atoms with van der Waals surface area (Å²) >= 11 is 9.53. The van der Waals surface area contributed by atoms with Gasteiger partial charge in [-0.25, -0.2) is 18.6 Å². The minimum Gasteiger partial charge on any atom is -0.333 e. The fourth-order valence-corrected chi connectivity index (χ4v) is 5.10. The third-order valence-electron chi connectivity index (χ3n) is 6.24. The van der Waals surface area contributed by atoms with Crippen molar-refractivity contribution in [2.45, 2.75) is 19.5 Å². The highest BCUT2D eigenvalue weighted by molar-refractivity contribution is 9.10. The molecule has 2 aromatic heterocycles. The van der Waals surface area contributed by atoms with E-state index in [1.54, 1.807) is 29.0 Å². The van der Waals surface area contributed by atoms with Gasteiger partial charge in [-0.05, 0) is 59.2 Å². The van der Waals surface area contributed by atoms with Crippen molar-refractivity contribution in [3.63, 3.8) is 0 Å². The van der Waals surface area contributed by atoms with Gasteiger partial charge in [-0.15, -0.1) is 0 Å². The van der Waals surface area contributed by atoms with Gasteiger partial charge in [-0.3, -0.25) is 9.47 Å². The number of amides is 1. The zero-order valence-corrected chi connectivity index (χ0v) is 21.5. The van der Waals surface area contributed by atoms with E-state index in [-0.39, 0.29) is 6.03 Å². The van der Waals surface area contributed by atoms with E-state index in [0.717, 1.165) is 44.8 Å². The molecule has 5 nitrogen and oxygen atoms in total. The van der Waals surface area contributed by atoms with E-state index >= 15 is 0 Å². The number of hydrogen-bond acceptors (Lipinski definition) is 3. The normalized spacial score (nSPS) is 13.9. The maximum atomic E-state index is 13.5. The van der Waals surface area contributed by atoms with Gasteiger partial charge in [0.25, 0.3) is 0 Å². The SMILES string of the molecule is O=C(NCc1ccnc(Cl)c1)n1c2c(c3cc(Br)ccc31)CN(C/C=C/c1ccc(F)c(F)c1)CC2. The molecular weight excluding hydrogens is 550 g/mol. The Bertz CT molecular complexity index is 1490. The molecule has 0 radical (unpaired) electrons. The first-order valence-corrected chi connectivity index (χ1v) is 12.6. The molecule has 0 fully saturated rings. The van der Waals surface area contributed by atoms with Crippen LogP contribution in [0.2, 0.25) is 5.15 Å². The van der Waals surface area contributed by atoms with E-state index in [2.05, 4.69) is 31.1 Å². The van der Waals surface area contributed by atoms with Gasteiger partial charge in [0.05, 0.1) is 5.52 Å². The number of fused-ring (bicyclic) bond motifs is 3. The Hall–Kier alpha value is -3.07. The number of benzene rings is 2. The number of pyridine rings is 1. The molecule has 0 bridgehead atoms. The molecule has 5 rings (SSSR count). The Labute approximate surface area is 220 Å². The topological polar surface area (TPSA) is 50.2 Å². The molecule has 1 amide bonds. The largest absolute Gasteiger partial charge is 0.333 e.